The summed E-state index contributed by atoms with van der Waals surface area (Å²) in [4.78, 5) is 0. The Morgan fingerprint density at radius 2 is 1.80 bits per heavy atom. The molecule has 1 saturated heterocycles. The number of amidine groups is 1. The molecule has 0 amide bonds. The third kappa shape index (κ3) is 2.41. The van der Waals surface area contributed by atoms with Crippen LogP contribution < -0.4 is 5.73 Å². The molecule has 2 aliphatic heterocycles. The highest BCUT2D eigenvalue weighted by Crippen LogP contribution is 2.43. The minimum atomic E-state index is -3.05. The van der Waals surface area contributed by atoms with Gasteiger partial charge in [-0.05, 0) is 23.9 Å². The fourth-order valence-electron chi connectivity index (χ4n) is 2.57. The van der Waals surface area contributed by atoms with Crippen LogP contribution in [-0.4, -0.2) is 41.0 Å². The summed E-state index contributed by atoms with van der Waals surface area (Å²) in [6.07, 6.45) is 0. The number of hydrogen-bond acceptors (Lipinski definition) is 4. The summed E-state index contributed by atoms with van der Waals surface area (Å²) in [6, 6.07) is 2.90. The van der Waals surface area contributed by atoms with Crippen LogP contribution in [0.2, 0.25) is 15.1 Å². The van der Waals surface area contributed by atoms with Gasteiger partial charge in [0.15, 0.2) is 15.5 Å². The van der Waals surface area contributed by atoms with Gasteiger partial charge >= 0.3 is 5.17 Å². The fraction of sp³-hybridized carbons (Fsp3) is 0.364. The number of hydrogen-bond donors (Lipinski definition) is 1. The number of rotatable bonds is 1. The molecule has 2 unspecified atom stereocenters. The molecule has 3 rings (SSSR count). The third-order valence-corrected chi connectivity index (χ3v) is 7.28. The van der Waals surface area contributed by atoms with Crippen molar-refractivity contribution in [2.75, 3.05) is 11.5 Å². The van der Waals surface area contributed by atoms with Crippen LogP contribution in [-0.2, 0) is 9.84 Å². The Morgan fingerprint density at radius 3 is 2.40 bits per heavy atom. The highest BCUT2D eigenvalue weighted by atomic mass is 35.5. The third-order valence-electron chi connectivity index (χ3n) is 3.34. The molecule has 1 aromatic carbocycles. The van der Waals surface area contributed by atoms with Crippen LogP contribution >= 0.6 is 46.6 Å². The van der Waals surface area contributed by atoms with E-state index >= 15 is 0 Å². The maximum Gasteiger partial charge on any atom is 0.310 e. The van der Waals surface area contributed by atoms with Crippen molar-refractivity contribution in [2.24, 2.45) is 5.73 Å². The second kappa shape index (κ2) is 4.95. The van der Waals surface area contributed by atoms with Crippen molar-refractivity contribution in [1.82, 2.24) is 0 Å². The molecule has 0 aromatic heterocycles. The van der Waals surface area contributed by atoms with Crippen molar-refractivity contribution in [2.45, 2.75) is 11.3 Å². The zero-order valence-electron chi connectivity index (χ0n) is 10.0. The molecular weight excluding hydrogens is 363 g/mol. The Balaban J connectivity index is 2.13. The quantitative estimate of drug-likeness (QED) is 0.769. The normalized spacial score (nSPS) is 27.9. The van der Waals surface area contributed by atoms with Gasteiger partial charge in [-0.15, -0.1) is 0 Å². The highest BCUT2D eigenvalue weighted by Gasteiger charge is 2.50. The van der Waals surface area contributed by atoms with Crippen molar-refractivity contribution >= 4 is 67.3 Å². The minimum Gasteiger partial charge on any atom is -0.281 e. The van der Waals surface area contributed by atoms with Crippen LogP contribution in [0.25, 0.3) is 0 Å². The summed E-state index contributed by atoms with van der Waals surface area (Å²) < 4.78 is 25.3. The van der Waals surface area contributed by atoms with E-state index in [1.807, 2.05) is 0 Å². The zero-order valence-corrected chi connectivity index (χ0v) is 13.9. The molecule has 0 aliphatic carbocycles. The molecule has 20 heavy (non-hydrogen) atoms. The molecule has 0 radical (unpaired) electrons. The Labute approximate surface area is 135 Å². The van der Waals surface area contributed by atoms with Crippen LogP contribution in [0.5, 0.6) is 0 Å². The van der Waals surface area contributed by atoms with E-state index in [0.717, 1.165) is 0 Å². The molecule has 108 valence electrons. The SMILES string of the molecule is NC1=[N+](c2c(Cl)cc(Cl)cc2Cl)C2CS(=O)(=O)CC2S1. The number of sulfone groups is 1. The monoisotopic (exact) mass is 371 g/mol. The van der Waals surface area contributed by atoms with Gasteiger partial charge in [-0.1, -0.05) is 34.8 Å². The van der Waals surface area contributed by atoms with Gasteiger partial charge in [-0.3, -0.25) is 5.73 Å². The highest BCUT2D eigenvalue weighted by molar-refractivity contribution is 8.15. The Hall–Kier alpha value is -0.140. The molecule has 0 saturated carbocycles. The average Bonchev–Trinajstić information content (AvgIpc) is 2.70. The number of nitrogens with zero attached hydrogens (tertiary/aromatic N) is 1. The largest absolute Gasteiger partial charge is 0.310 e. The molecule has 2 N–H and O–H groups in total. The molecule has 0 spiro atoms. The smallest absolute Gasteiger partial charge is 0.281 e. The lowest BCUT2D eigenvalue weighted by atomic mass is 10.2. The summed E-state index contributed by atoms with van der Waals surface area (Å²) in [7, 11) is -3.05. The molecule has 9 heteroatoms. The Bertz CT molecular complexity index is 710. The van der Waals surface area contributed by atoms with Crippen LogP contribution in [0.15, 0.2) is 12.1 Å². The van der Waals surface area contributed by atoms with E-state index in [-0.39, 0.29) is 22.8 Å². The summed E-state index contributed by atoms with van der Waals surface area (Å²) in [5.74, 6) is 0.184. The van der Waals surface area contributed by atoms with Gasteiger partial charge in [-0.2, -0.15) is 0 Å². The second-order valence-electron chi connectivity index (χ2n) is 4.73. The van der Waals surface area contributed by atoms with Gasteiger partial charge in [0.1, 0.15) is 6.04 Å². The van der Waals surface area contributed by atoms with Crippen LogP contribution in [0.1, 0.15) is 0 Å². The van der Waals surface area contributed by atoms with Crippen molar-refractivity contribution in [3.05, 3.63) is 27.2 Å². The maximum absolute atomic E-state index is 11.8. The van der Waals surface area contributed by atoms with Crippen LogP contribution in [0.4, 0.5) is 5.69 Å². The van der Waals surface area contributed by atoms with Gasteiger partial charge in [0.2, 0.25) is 0 Å². The van der Waals surface area contributed by atoms with E-state index < -0.39 is 9.84 Å². The molecule has 0 bridgehead atoms. The summed E-state index contributed by atoms with van der Waals surface area (Å²) in [5, 5.41) is 1.57. The molecular formula is C11H10Cl3N2O2S2+. The topological polar surface area (TPSA) is 63.2 Å². The zero-order chi connectivity index (χ0) is 14.7. The van der Waals surface area contributed by atoms with E-state index in [1.165, 1.54) is 11.8 Å². The number of fused-ring (bicyclic) bond motifs is 1. The second-order valence-corrected chi connectivity index (χ2v) is 9.39. The minimum absolute atomic E-state index is 0.0562. The van der Waals surface area contributed by atoms with Crippen LogP contribution in [0.3, 0.4) is 0 Å². The van der Waals surface area contributed by atoms with Crippen molar-refractivity contribution in [3.63, 3.8) is 0 Å². The average molecular weight is 373 g/mol. The van der Waals surface area contributed by atoms with Crippen LogP contribution in [0, 0.1) is 0 Å². The predicted molar refractivity (Wildman–Crippen MR) is 84.4 cm³/mol. The lowest BCUT2D eigenvalue weighted by Crippen LogP contribution is -2.29. The number of halogens is 3. The van der Waals surface area contributed by atoms with E-state index in [9.17, 15) is 8.42 Å². The first-order chi connectivity index (χ1) is 9.28. The summed E-state index contributed by atoms with van der Waals surface area (Å²) in [6.45, 7) is 0. The maximum atomic E-state index is 11.8. The van der Waals surface area contributed by atoms with E-state index in [1.54, 1.807) is 16.7 Å². The molecule has 4 nitrogen and oxygen atoms in total. The molecule has 1 aromatic rings. The predicted octanol–water partition coefficient (Wildman–Crippen LogP) is 2.52. The molecule has 2 atom stereocenters. The van der Waals surface area contributed by atoms with E-state index in [4.69, 9.17) is 40.5 Å². The molecule has 2 heterocycles. The van der Waals surface area contributed by atoms with Gasteiger partial charge < -0.3 is 0 Å². The van der Waals surface area contributed by atoms with E-state index in [2.05, 4.69) is 0 Å². The van der Waals surface area contributed by atoms with Crippen molar-refractivity contribution < 1.29 is 13.0 Å². The first-order valence-corrected chi connectivity index (χ1v) is 9.55. The van der Waals surface area contributed by atoms with Crippen molar-refractivity contribution in [1.29, 1.82) is 0 Å². The fourth-order valence-corrected chi connectivity index (χ4v) is 7.37. The van der Waals surface area contributed by atoms with E-state index in [0.29, 0.717) is 25.9 Å². The van der Waals surface area contributed by atoms with Gasteiger partial charge in [-0.25, -0.2) is 13.0 Å². The van der Waals surface area contributed by atoms with Gasteiger partial charge in [0.25, 0.3) is 0 Å². The molecule has 2 aliphatic rings. The standard InChI is InChI=1S/C11H9Cl3N2O2S2/c12-5-1-6(13)10(7(14)2-5)16-8-3-20(17,18)4-9(8)19-11(16)15/h1-2,8-9,15H,3-4H2/p+1. The first kappa shape index (κ1) is 14.8. The lowest BCUT2D eigenvalue weighted by molar-refractivity contribution is -0.470. The van der Waals surface area contributed by atoms with Crippen molar-refractivity contribution in [3.8, 4) is 0 Å². The Morgan fingerprint density at radius 1 is 1.20 bits per heavy atom. The lowest BCUT2D eigenvalue weighted by Gasteiger charge is -2.13. The Kier molecular flexibility index (Phi) is 3.66. The van der Waals surface area contributed by atoms with Gasteiger partial charge in [0.05, 0.1) is 26.8 Å². The summed E-state index contributed by atoms with van der Waals surface area (Å²) in [5.41, 5.74) is 6.55. The van der Waals surface area contributed by atoms with Gasteiger partial charge in [0, 0.05) is 5.02 Å². The number of thioether (sulfide) groups is 1. The number of nitrogens with two attached hydrogens (primary N) is 1. The first-order valence-electron chi connectivity index (χ1n) is 5.72. The summed E-state index contributed by atoms with van der Waals surface area (Å²) >= 11 is 19.7. The molecule has 1 fully saturated rings. The number of benzene rings is 1.